The van der Waals surface area contributed by atoms with E-state index in [1.165, 1.54) is 12.0 Å². The van der Waals surface area contributed by atoms with E-state index in [1.807, 2.05) is 0 Å². The van der Waals surface area contributed by atoms with Gasteiger partial charge in [0.25, 0.3) is 0 Å². The molecule has 0 aliphatic carbocycles. The summed E-state index contributed by atoms with van der Waals surface area (Å²) in [6.07, 6.45) is 2.73. The van der Waals surface area contributed by atoms with Crippen molar-refractivity contribution in [2.45, 2.75) is 33.1 Å². The third kappa shape index (κ3) is 5.95. The molecule has 0 amide bonds. The Balaban J connectivity index is 2.96. The number of carbonyl (C=O) groups is 1. The van der Waals surface area contributed by atoms with Crippen LogP contribution in [0.25, 0.3) is 0 Å². The Labute approximate surface area is 66.5 Å². The van der Waals surface area contributed by atoms with Crippen molar-refractivity contribution in [1.29, 1.82) is 0 Å². The van der Waals surface area contributed by atoms with Crippen molar-refractivity contribution in [2.24, 2.45) is 0 Å². The third-order valence-corrected chi connectivity index (χ3v) is 1.78. The highest BCUT2D eigenvalue weighted by molar-refractivity contribution is 7.95. The first-order valence-electron chi connectivity index (χ1n) is 3.63. The maximum atomic E-state index is 10.5. The molecule has 0 bridgehead atoms. The molecule has 3 heteroatoms. The van der Waals surface area contributed by atoms with Crippen LogP contribution in [0.4, 0.5) is 0 Å². The molecule has 0 radical (unpaired) electrons. The van der Waals surface area contributed by atoms with Crippen molar-refractivity contribution in [2.75, 3.05) is 5.75 Å². The molecule has 0 spiro atoms. The molecule has 0 aliphatic heterocycles. The lowest BCUT2D eigenvalue weighted by molar-refractivity contribution is -0.132. The van der Waals surface area contributed by atoms with Crippen LogP contribution in [-0.2, 0) is 8.98 Å². The lowest BCUT2D eigenvalue weighted by Crippen LogP contribution is -1.95. The molecule has 0 heterocycles. The molecule has 0 aliphatic rings. The minimum absolute atomic E-state index is 0.124. The molecule has 0 aromatic rings. The first kappa shape index (κ1) is 9.82. The van der Waals surface area contributed by atoms with Gasteiger partial charge in [-0.3, -0.25) is 4.79 Å². The average Bonchev–Trinajstić information content (AvgIpc) is 1.98. The lowest BCUT2D eigenvalue weighted by Gasteiger charge is -1.98. The topological polar surface area (TPSA) is 26.3 Å². The van der Waals surface area contributed by atoms with Crippen molar-refractivity contribution in [3.63, 3.8) is 0 Å². The van der Waals surface area contributed by atoms with E-state index in [-0.39, 0.29) is 5.97 Å². The Bertz CT molecular complexity index is 93.6. The van der Waals surface area contributed by atoms with Gasteiger partial charge in [-0.05, 0) is 6.42 Å². The smallest absolute Gasteiger partial charge is 0.317 e. The maximum Gasteiger partial charge on any atom is 0.317 e. The minimum Gasteiger partial charge on any atom is -0.391 e. The van der Waals surface area contributed by atoms with Crippen LogP contribution in [0.15, 0.2) is 0 Å². The minimum atomic E-state index is -0.124. The Morgan fingerprint density at radius 2 is 2.20 bits per heavy atom. The summed E-state index contributed by atoms with van der Waals surface area (Å²) in [5.74, 6) is 0.795. The van der Waals surface area contributed by atoms with Gasteiger partial charge in [0.15, 0.2) is 0 Å². The van der Waals surface area contributed by atoms with E-state index in [4.69, 9.17) is 4.18 Å². The molecule has 0 N–H and O–H groups in total. The molecule has 10 heavy (non-hydrogen) atoms. The Morgan fingerprint density at radius 1 is 1.50 bits per heavy atom. The molecule has 0 unspecified atom stereocenters. The van der Waals surface area contributed by atoms with Crippen molar-refractivity contribution in [1.82, 2.24) is 0 Å². The number of carbonyl (C=O) groups excluding carboxylic acids is 1. The van der Waals surface area contributed by atoms with E-state index >= 15 is 0 Å². The van der Waals surface area contributed by atoms with Gasteiger partial charge in [-0.15, -0.1) is 0 Å². The van der Waals surface area contributed by atoms with Crippen molar-refractivity contribution in [3.8, 4) is 0 Å². The largest absolute Gasteiger partial charge is 0.391 e. The van der Waals surface area contributed by atoms with E-state index in [0.29, 0.717) is 6.42 Å². The summed E-state index contributed by atoms with van der Waals surface area (Å²) < 4.78 is 4.77. The number of hydrogen-bond donors (Lipinski definition) is 0. The van der Waals surface area contributed by atoms with Gasteiger partial charge in [-0.25, -0.2) is 0 Å². The summed E-state index contributed by atoms with van der Waals surface area (Å²) in [5, 5.41) is 0. The second-order valence-electron chi connectivity index (χ2n) is 1.98. The second-order valence-corrected chi connectivity index (χ2v) is 2.80. The zero-order valence-electron chi connectivity index (χ0n) is 6.55. The van der Waals surface area contributed by atoms with Crippen molar-refractivity contribution >= 4 is 18.0 Å². The molecule has 0 aromatic carbocycles. The van der Waals surface area contributed by atoms with Gasteiger partial charge in [0, 0.05) is 12.2 Å². The first-order chi connectivity index (χ1) is 4.81. The fourth-order valence-electron chi connectivity index (χ4n) is 0.370. The summed E-state index contributed by atoms with van der Waals surface area (Å²) in [5.41, 5.74) is 0. The monoisotopic (exact) mass is 162 g/mol. The van der Waals surface area contributed by atoms with Crippen molar-refractivity contribution in [3.05, 3.63) is 0 Å². The number of hydrogen-bond acceptors (Lipinski definition) is 3. The van der Waals surface area contributed by atoms with E-state index in [2.05, 4.69) is 6.92 Å². The predicted molar refractivity (Wildman–Crippen MR) is 43.7 cm³/mol. The normalized spacial score (nSPS) is 9.40. The highest BCUT2D eigenvalue weighted by Gasteiger charge is 1.96. The number of unbranched alkanes of at least 4 members (excludes halogenated alkanes) is 1. The standard InChI is InChI=1S/C7H14O2S/c1-3-5-6-10-9-7(8)4-2/h3-6H2,1-2H3. The zero-order chi connectivity index (χ0) is 7.82. The summed E-state index contributed by atoms with van der Waals surface area (Å²) in [6, 6.07) is 0. The van der Waals surface area contributed by atoms with Crippen LogP contribution in [-0.4, -0.2) is 11.7 Å². The van der Waals surface area contributed by atoms with Gasteiger partial charge in [0.1, 0.15) is 0 Å². The van der Waals surface area contributed by atoms with E-state index in [1.54, 1.807) is 6.92 Å². The molecule has 0 aromatic heterocycles. The van der Waals surface area contributed by atoms with Crippen LogP contribution >= 0.6 is 12.0 Å². The molecular formula is C7H14O2S. The number of rotatable bonds is 5. The van der Waals surface area contributed by atoms with Gasteiger partial charge in [0.2, 0.25) is 0 Å². The molecule has 2 nitrogen and oxygen atoms in total. The summed E-state index contributed by atoms with van der Waals surface area (Å²) in [6.45, 7) is 3.91. The highest BCUT2D eigenvalue weighted by Crippen LogP contribution is 2.06. The fraction of sp³-hybridized carbons (Fsp3) is 0.857. The SMILES string of the molecule is CCCCSOC(=O)CC. The van der Waals surface area contributed by atoms with Crippen LogP contribution in [0.5, 0.6) is 0 Å². The Morgan fingerprint density at radius 3 is 2.70 bits per heavy atom. The summed E-state index contributed by atoms with van der Waals surface area (Å²) in [4.78, 5) is 10.5. The van der Waals surface area contributed by atoms with Gasteiger partial charge in [-0.2, -0.15) is 0 Å². The van der Waals surface area contributed by atoms with E-state index in [0.717, 1.165) is 18.6 Å². The Kier molecular flexibility index (Phi) is 6.81. The molecule has 60 valence electrons. The third-order valence-electron chi connectivity index (χ3n) is 1.02. The predicted octanol–water partition coefficient (Wildman–Crippen LogP) is 2.39. The molecule has 0 saturated carbocycles. The lowest BCUT2D eigenvalue weighted by atomic mass is 10.4. The van der Waals surface area contributed by atoms with Crippen LogP contribution in [0, 0.1) is 0 Å². The van der Waals surface area contributed by atoms with E-state index < -0.39 is 0 Å². The van der Waals surface area contributed by atoms with Crippen LogP contribution in [0.2, 0.25) is 0 Å². The quantitative estimate of drug-likeness (QED) is 0.458. The van der Waals surface area contributed by atoms with Gasteiger partial charge < -0.3 is 4.18 Å². The first-order valence-corrected chi connectivity index (χ1v) is 4.54. The molecule has 0 fully saturated rings. The summed E-state index contributed by atoms with van der Waals surface area (Å²) >= 11 is 1.26. The maximum absolute atomic E-state index is 10.5. The van der Waals surface area contributed by atoms with Crippen molar-refractivity contribution < 1.29 is 8.98 Å². The Hall–Kier alpha value is -0.180. The van der Waals surface area contributed by atoms with E-state index in [9.17, 15) is 4.79 Å². The molecular weight excluding hydrogens is 148 g/mol. The van der Waals surface area contributed by atoms with Gasteiger partial charge in [0.05, 0.1) is 12.0 Å². The molecule has 0 saturated heterocycles. The van der Waals surface area contributed by atoms with Gasteiger partial charge >= 0.3 is 5.97 Å². The zero-order valence-corrected chi connectivity index (χ0v) is 7.37. The summed E-state index contributed by atoms with van der Waals surface area (Å²) in [7, 11) is 0. The van der Waals surface area contributed by atoms with Crippen LogP contribution < -0.4 is 0 Å². The van der Waals surface area contributed by atoms with Gasteiger partial charge in [-0.1, -0.05) is 20.3 Å². The van der Waals surface area contributed by atoms with Crippen LogP contribution in [0.3, 0.4) is 0 Å². The molecule has 0 rings (SSSR count). The molecule has 0 atom stereocenters. The highest BCUT2D eigenvalue weighted by atomic mass is 32.2. The fourth-order valence-corrected chi connectivity index (χ4v) is 1.11. The average molecular weight is 162 g/mol. The van der Waals surface area contributed by atoms with Crippen LogP contribution in [0.1, 0.15) is 33.1 Å². The second kappa shape index (κ2) is 6.93.